The van der Waals surface area contributed by atoms with E-state index in [1.54, 1.807) is 18.2 Å². The van der Waals surface area contributed by atoms with Crippen molar-refractivity contribution in [1.29, 1.82) is 0 Å². The van der Waals surface area contributed by atoms with Gasteiger partial charge in [0.25, 0.3) is 25.9 Å². The molecular weight excluding hydrogens is 556 g/mol. The third-order valence-corrected chi connectivity index (χ3v) is 6.93. The zero-order valence-corrected chi connectivity index (χ0v) is 20.9. The van der Waals surface area contributed by atoms with Gasteiger partial charge < -0.3 is 10.8 Å². The van der Waals surface area contributed by atoms with Crippen molar-refractivity contribution in [3.8, 4) is 5.75 Å². The molecule has 0 saturated heterocycles. The molecule has 4 aromatic rings. The molecule has 4 aromatic carbocycles. The molecule has 0 atom stereocenters. The van der Waals surface area contributed by atoms with Gasteiger partial charge in [-0.05, 0) is 35.7 Å². The van der Waals surface area contributed by atoms with Crippen molar-refractivity contribution in [1.82, 2.24) is 0 Å². The van der Waals surface area contributed by atoms with Crippen LogP contribution in [0.1, 0.15) is 0 Å². The highest BCUT2D eigenvalue weighted by molar-refractivity contribution is 7.86. The van der Waals surface area contributed by atoms with Gasteiger partial charge in [-0.1, -0.05) is 24.3 Å². The SMILES string of the molecule is Nc1c(N=Nc2cccc([N+](=O)[O-])c2)c(S(=O)(=O)O)cc2cc(S(=O)(=O)O)c(N=Nc3ccccc3)c(O)c12. The van der Waals surface area contributed by atoms with Crippen molar-refractivity contribution in [3.63, 3.8) is 0 Å². The number of non-ortho nitro benzene ring substituents is 1. The first-order valence-corrected chi connectivity index (χ1v) is 13.4. The largest absolute Gasteiger partial charge is 0.505 e. The Morgan fingerprint density at radius 1 is 0.744 bits per heavy atom. The molecule has 0 heterocycles. The lowest BCUT2D eigenvalue weighted by molar-refractivity contribution is -0.384. The molecule has 0 radical (unpaired) electrons. The number of nitrogen functional groups attached to an aromatic ring is 1. The number of azo groups is 2. The Morgan fingerprint density at radius 3 is 1.87 bits per heavy atom. The first-order chi connectivity index (χ1) is 18.3. The third kappa shape index (κ3) is 5.70. The van der Waals surface area contributed by atoms with Gasteiger partial charge in [-0.2, -0.15) is 27.1 Å². The summed E-state index contributed by atoms with van der Waals surface area (Å²) in [6, 6.07) is 14.3. The molecule has 0 aliphatic carbocycles. The van der Waals surface area contributed by atoms with Gasteiger partial charge in [-0.25, -0.2) is 0 Å². The summed E-state index contributed by atoms with van der Waals surface area (Å²) < 4.78 is 68.0. The molecule has 15 nitrogen and oxygen atoms in total. The number of nitro benzene ring substituents is 1. The van der Waals surface area contributed by atoms with E-state index in [-0.39, 0.29) is 27.8 Å². The molecular formula is C22H16N6O9S2. The Bertz CT molecular complexity index is 1910. The zero-order chi connectivity index (χ0) is 28.5. The predicted octanol–water partition coefficient (Wildman–Crippen LogP) is 5.36. The molecule has 0 amide bonds. The number of hydrogen-bond donors (Lipinski definition) is 4. The molecule has 0 unspecified atom stereocenters. The lowest BCUT2D eigenvalue weighted by Gasteiger charge is -2.14. The van der Waals surface area contributed by atoms with E-state index in [4.69, 9.17) is 5.73 Å². The van der Waals surface area contributed by atoms with E-state index in [9.17, 15) is 41.2 Å². The number of phenolic OH excluding ortho intramolecular Hbond substituents is 1. The number of fused-ring (bicyclic) bond motifs is 1. The van der Waals surface area contributed by atoms with E-state index in [0.29, 0.717) is 0 Å². The molecule has 17 heteroatoms. The smallest absolute Gasteiger partial charge is 0.296 e. The van der Waals surface area contributed by atoms with Crippen molar-refractivity contribution in [2.75, 3.05) is 5.73 Å². The predicted molar refractivity (Wildman–Crippen MR) is 138 cm³/mol. The normalized spacial score (nSPS) is 12.5. The summed E-state index contributed by atoms with van der Waals surface area (Å²) in [6.07, 6.45) is 0. The Labute approximate surface area is 219 Å². The van der Waals surface area contributed by atoms with Gasteiger partial charge in [0, 0.05) is 12.1 Å². The second kappa shape index (κ2) is 10.1. The van der Waals surface area contributed by atoms with Crippen LogP contribution in [0.15, 0.2) is 97.0 Å². The van der Waals surface area contributed by atoms with E-state index in [0.717, 1.165) is 18.2 Å². The van der Waals surface area contributed by atoms with Crippen molar-refractivity contribution in [2.45, 2.75) is 9.79 Å². The van der Waals surface area contributed by atoms with Crippen LogP contribution >= 0.6 is 0 Å². The van der Waals surface area contributed by atoms with Crippen LogP contribution in [-0.2, 0) is 20.2 Å². The minimum absolute atomic E-state index is 0.0757. The maximum absolute atomic E-state index is 12.1. The van der Waals surface area contributed by atoms with Crippen LogP contribution in [0.4, 0.5) is 34.1 Å². The van der Waals surface area contributed by atoms with Crippen LogP contribution in [0, 0.1) is 10.1 Å². The number of nitrogens with two attached hydrogens (primary N) is 1. The number of aromatic hydroxyl groups is 1. The van der Waals surface area contributed by atoms with E-state index < -0.39 is 57.8 Å². The number of rotatable bonds is 7. The standard InChI is InChI=1S/C22H16N6O9S2/c23-19-18-12(10-17(39(35,36)37)21(22(18)29)27-24-13-5-2-1-3-6-13)9-16(38(32,33)34)20(19)26-25-14-7-4-8-15(11-14)28(30)31/h1-11,29H,23H2,(H,32,33,34)(H,35,36,37). The summed E-state index contributed by atoms with van der Waals surface area (Å²) in [6.45, 7) is 0. The van der Waals surface area contributed by atoms with Crippen LogP contribution in [0.25, 0.3) is 10.8 Å². The maximum atomic E-state index is 12.1. The van der Waals surface area contributed by atoms with Gasteiger partial charge in [0.2, 0.25) is 0 Å². The molecule has 0 aliphatic rings. The monoisotopic (exact) mass is 572 g/mol. The summed E-state index contributed by atoms with van der Waals surface area (Å²) in [7, 11) is -10.1. The minimum atomic E-state index is -5.07. The molecule has 39 heavy (non-hydrogen) atoms. The highest BCUT2D eigenvalue weighted by Crippen LogP contribution is 2.48. The van der Waals surface area contributed by atoms with Crippen LogP contribution in [-0.4, -0.2) is 36.0 Å². The molecule has 0 aromatic heterocycles. The molecule has 0 bridgehead atoms. The minimum Gasteiger partial charge on any atom is -0.505 e. The third-order valence-electron chi connectivity index (χ3n) is 5.20. The summed E-state index contributed by atoms with van der Waals surface area (Å²) in [4.78, 5) is 8.47. The average Bonchev–Trinajstić information content (AvgIpc) is 2.86. The maximum Gasteiger partial charge on any atom is 0.296 e. The van der Waals surface area contributed by atoms with Gasteiger partial charge >= 0.3 is 0 Å². The lowest BCUT2D eigenvalue weighted by Crippen LogP contribution is -2.03. The molecule has 0 saturated carbocycles. The van der Waals surface area contributed by atoms with Crippen LogP contribution in [0.3, 0.4) is 0 Å². The fourth-order valence-electron chi connectivity index (χ4n) is 3.48. The summed E-state index contributed by atoms with van der Waals surface area (Å²) in [5.41, 5.74) is 4.00. The fourth-order valence-corrected chi connectivity index (χ4v) is 4.81. The second-order valence-corrected chi connectivity index (χ2v) is 10.5. The molecule has 200 valence electrons. The number of hydrogen-bond acceptors (Lipinski definition) is 12. The Hall–Kier alpha value is -4.84. The van der Waals surface area contributed by atoms with Crippen molar-refractivity contribution < 1.29 is 36.0 Å². The van der Waals surface area contributed by atoms with E-state index in [1.165, 1.54) is 30.3 Å². The molecule has 0 fully saturated rings. The van der Waals surface area contributed by atoms with Gasteiger partial charge in [0.15, 0.2) is 5.75 Å². The number of phenols is 1. The number of benzene rings is 4. The highest BCUT2D eigenvalue weighted by Gasteiger charge is 2.28. The number of nitro groups is 1. The van der Waals surface area contributed by atoms with E-state index >= 15 is 0 Å². The summed E-state index contributed by atoms with van der Waals surface area (Å²) in [5.74, 6) is -0.911. The molecule has 5 N–H and O–H groups in total. The Balaban J connectivity index is 2.01. The number of anilines is 1. The van der Waals surface area contributed by atoms with E-state index in [2.05, 4.69) is 20.5 Å². The average molecular weight is 573 g/mol. The van der Waals surface area contributed by atoms with Crippen LogP contribution < -0.4 is 5.73 Å². The quantitative estimate of drug-likeness (QED) is 0.0725. The first-order valence-electron chi connectivity index (χ1n) is 10.5. The molecule has 4 rings (SSSR count). The van der Waals surface area contributed by atoms with Crippen molar-refractivity contribution in [2.24, 2.45) is 20.5 Å². The van der Waals surface area contributed by atoms with Crippen molar-refractivity contribution in [3.05, 3.63) is 76.8 Å². The molecule has 0 aliphatic heterocycles. The highest BCUT2D eigenvalue weighted by atomic mass is 32.2. The fraction of sp³-hybridized carbons (Fsp3) is 0. The Morgan fingerprint density at radius 2 is 1.28 bits per heavy atom. The zero-order valence-electron chi connectivity index (χ0n) is 19.3. The lowest BCUT2D eigenvalue weighted by atomic mass is 10.1. The number of nitrogens with zero attached hydrogens (tertiary/aromatic N) is 5. The summed E-state index contributed by atoms with van der Waals surface area (Å²) in [5, 5.41) is 36.4. The van der Waals surface area contributed by atoms with Gasteiger partial charge in [-0.3, -0.25) is 19.2 Å². The molecule has 0 spiro atoms. The van der Waals surface area contributed by atoms with Gasteiger partial charge in [0.1, 0.15) is 21.2 Å². The van der Waals surface area contributed by atoms with E-state index in [1.807, 2.05) is 0 Å². The second-order valence-electron chi connectivity index (χ2n) is 7.77. The van der Waals surface area contributed by atoms with Crippen LogP contribution in [0.2, 0.25) is 0 Å². The van der Waals surface area contributed by atoms with Crippen LogP contribution in [0.5, 0.6) is 5.75 Å². The van der Waals surface area contributed by atoms with Gasteiger partial charge in [0.05, 0.1) is 27.4 Å². The topological polar surface area (TPSA) is 248 Å². The summed E-state index contributed by atoms with van der Waals surface area (Å²) >= 11 is 0. The van der Waals surface area contributed by atoms with Crippen molar-refractivity contribution >= 4 is 65.1 Å². The van der Waals surface area contributed by atoms with Gasteiger partial charge in [-0.15, -0.1) is 10.2 Å². The Kier molecular flexibility index (Phi) is 7.07. The first kappa shape index (κ1) is 27.2.